The molecule has 0 aliphatic carbocycles. The largest absolute Gasteiger partial charge is 0.494 e. The molecule has 5 heteroatoms. The van der Waals surface area contributed by atoms with E-state index in [4.69, 9.17) is 9.15 Å². The van der Waals surface area contributed by atoms with Crippen molar-refractivity contribution in [3.05, 3.63) is 74.6 Å². The van der Waals surface area contributed by atoms with Crippen molar-refractivity contribution in [1.82, 2.24) is 4.90 Å². The molecule has 0 radical (unpaired) electrons. The summed E-state index contributed by atoms with van der Waals surface area (Å²) in [5, 5.41) is 0.563. The minimum Gasteiger partial charge on any atom is -0.494 e. The van der Waals surface area contributed by atoms with Crippen molar-refractivity contribution >= 4 is 16.9 Å². The molecular weight excluding hydrogens is 426 g/mol. The predicted octanol–water partition coefficient (Wildman–Crippen LogP) is 6.71. The summed E-state index contributed by atoms with van der Waals surface area (Å²) in [5.74, 6) is 0.789. The molecule has 1 aliphatic heterocycles. The van der Waals surface area contributed by atoms with Crippen LogP contribution in [-0.4, -0.2) is 24.0 Å². The van der Waals surface area contributed by atoms with Gasteiger partial charge in [0.1, 0.15) is 11.3 Å². The number of benzene rings is 2. The molecule has 1 aromatic heterocycles. The van der Waals surface area contributed by atoms with E-state index in [0.717, 1.165) is 61.0 Å². The number of hydrogen-bond acceptors (Lipinski definition) is 4. The van der Waals surface area contributed by atoms with Gasteiger partial charge in [0.25, 0.3) is 5.91 Å². The predicted molar refractivity (Wildman–Crippen MR) is 136 cm³/mol. The first-order valence-electron chi connectivity index (χ1n) is 12.6. The van der Waals surface area contributed by atoms with Gasteiger partial charge in [-0.3, -0.25) is 9.59 Å². The monoisotopic (exact) mass is 461 g/mol. The Bertz CT molecular complexity index is 1230. The zero-order chi connectivity index (χ0) is 24.2. The Labute approximate surface area is 201 Å². The second kappa shape index (κ2) is 10.5. The SMILES string of the molecule is CCCCCOc1ccc(C2c3c(oc4cc(C)cc(C)c4c3=O)C(=O)N2CCCCC)cc1. The van der Waals surface area contributed by atoms with E-state index in [1.165, 1.54) is 0 Å². The van der Waals surface area contributed by atoms with E-state index in [1.807, 2.05) is 55.1 Å². The Morgan fingerprint density at radius 2 is 1.65 bits per heavy atom. The van der Waals surface area contributed by atoms with E-state index in [2.05, 4.69) is 13.8 Å². The van der Waals surface area contributed by atoms with Crippen LogP contribution in [0.2, 0.25) is 0 Å². The quantitative estimate of drug-likeness (QED) is 0.315. The number of carbonyl (C=O) groups excluding carboxylic acids is 1. The van der Waals surface area contributed by atoms with Crippen molar-refractivity contribution < 1.29 is 13.9 Å². The number of rotatable bonds is 10. The first-order chi connectivity index (χ1) is 16.5. The summed E-state index contributed by atoms with van der Waals surface area (Å²) < 4.78 is 12.0. The molecule has 180 valence electrons. The Morgan fingerprint density at radius 1 is 0.941 bits per heavy atom. The van der Waals surface area contributed by atoms with Crippen molar-refractivity contribution in [2.45, 2.75) is 72.3 Å². The van der Waals surface area contributed by atoms with Gasteiger partial charge in [0.15, 0.2) is 5.43 Å². The first-order valence-corrected chi connectivity index (χ1v) is 12.6. The standard InChI is InChI=1S/C29H35NO4/c1-5-7-9-15-30-26(21-11-13-22(14-12-21)33-16-10-8-6-2)25-27(31)24-20(4)17-19(3)18-23(24)34-28(25)29(30)32/h11-14,17-18,26H,5-10,15-16H2,1-4H3. The minimum absolute atomic E-state index is 0.106. The number of carbonyl (C=O) groups is 1. The van der Waals surface area contributed by atoms with Gasteiger partial charge in [-0.1, -0.05) is 57.7 Å². The summed E-state index contributed by atoms with van der Waals surface area (Å²) in [5.41, 5.74) is 3.62. The second-order valence-corrected chi connectivity index (χ2v) is 9.36. The van der Waals surface area contributed by atoms with Crippen molar-refractivity contribution in [2.75, 3.05) is 13.2 Å². The van der Waals surface area contributed by atoms with E-state index in [-0.39, 0.29) is 17.1 Å². The number of unbranched alkanes of at least 4 members (excludes halogenated alkanes) is 4. The van der Waals surface area contributed by atoms with Gasteiger partial charge >= 0.3 is 0 Å². The fourth-order valence-electron chi connectivity index (χ4n) is 4.91. The molecule has 1 amide bonds. The van der Waals surface area contributed by atoms with Crippen molar-refractivity contribution in [3.8, 4) is 5.75 Å². The van der Waals surface area contributed by atoms with E-state index in [1.54, 1.807) is 0 Å². The molecule has 4 rings (SSSR count). The van der Waals surface area contributed by atoms with Crippen LogP contribution in [0.5, 0.6) is 5.75 Å². The van der Waals surface area contributed by atoms with Gasteiger partial charge in [-0.15, -0.1) is 0 Å². The van der Waals surface area contributed by atoms with E-state index in [0.29, 0.717) is 29.7 Å². The number of nitrogens with zero attached hydrogens (tertiary/aromatic N) is 1. The summed E-state index contributed by atoms with van der Waals surface area (Å²) in [4.78, 5) is 29.1. The third-order valence-corrected chi connectivity index (χ3v) is 6.63. The van der Waals surface area contributed by atoms with Gasteiger partial charge in [-0.2, -0.15) is 0 Å². The van der Waals surface area contributed by atoms with E-state index in [9.17, 15) is 9.59 Å². The van der Waals surface area contributed by atoms with Crippen LogP contribution in [0.25, 0.3) is 11.0 Å². The first kappa shape index (κ1) is 24.1. The van der Waals surface area contributed by atoms with Gasteiger partial charge in [0.05, 0.1) is 23.6 Å². The molecule has 0 N–H and O–H groups in total. The lowest BCUT2D eigenvalue weighted by molar-refractivity contribution is 0.0724. The van der Waals surface area contributed by atoms with Crippen LogP contribution in [0.3, 0.4) is 0 Å². The van der Waals surface area contributed by atoms with Crippen molar-refractivity contribution in [1.29, 1.82) is 0 Å². The Kier molecular flexibility index (Phi) is 7.40. The lowest BCUT2D eigenvalue weighted by Crippen LogP contribution is -2.30. The van der Waals surface area contributed by atoms with Crippen LogP contribution in [0.15, 0.2) is 45.6 Å². The molecule has 1 unspecified atom stereocenters. The highest BCUT2D eigenvalue weighted by molar-refractivity contribution is 5.99. The van der Waals surface area contributed by atoms with Crippen LogP contribution >= 0.6 is 0 Å². The van der Waals surface area contributed by atoms with Gasteiger partial charge in [-0.25, -0.2) is 0 Å². The highest BCUT2D eigenvalue weighted by atomic mass is 16.5. The van der Waals surface area contributed by atoms with E-state index >= 15 is 0 Å². The molecule has 1 aliphatic rings. The summed E-state index contributed by atoms with van der Waals surface area (Å²) >= 11 is 0. The topological polar surface area (TPSA) is 59.8 Å². The average Bonchev–Trinajstić information content (AvgIpc) is 3.09. The zero-order valence-corrected chi connectivity index (χ0v) is 20.8. The van der Waals surface area contributed by atoms with Gasteiger partial charge < -0.3 is 14.1 Å². The highest BCUT2D eigenvalue weighted by Crippen LogP contribution is 2.39. The maximum absolute atomic E-state index is 13.8. The number of aryl methyl sites for hydroxylation is 2. The maximum atomic E-state index is 13.8. The molecule has 5 nitrogen and oxygen atoms in total. The Balaban J connectivity index is 1.76. The fourth-order valence-corrected chi connectivity index (χ4v) is 4.91. The molecule has 2 aromatic carbocycles. The van der Waals surface area contributed by atoms with Crippen LogP contribution in [-0.2, 0) is 0 Å². The van der Waals surface area contributed by atoms with Crippen LogP contribution < -0.4 is 10.2 Å². The van der Waals surface area contributed by atoms with Crippen LogP contribution in [0.4, 0.5) is 0 Å². The third kappa shape index (κ3) is 4.61. The zero-order valence-electron chi connectivity index (χ0n) is 20.8. The number of fused-ring (bicyclic) bond motifs is 2. The summed E-state index contributed by atoms with van der Waals surface area (Å²) in [6.45, 7) is 9.48. The molecule has 0 bridgehead atoms. The maximum Gasteiger partial charge on any atom is 0.290 e. The smallest absolute Gasteiger partial charge is 0.290 e. The molecule has 0 saturated carbocycles. The molecule has 1 atom stereocenters. The molecular formula is C29H35NO4. The van der Waals surface area contributed by atoms with Crippen LogP contribution in [0, 0.1) is 13.8 Å². The molecule has 2 heterocycles. The molecule has 0 saturated heterocycles. The Morgan fingerprint density at radius 3 is 2.35 bits per heavy atom. The molecule has 34 heavy (non-hydrogen) atoms. The lowest BCUT2D eigenvalue weighted by Gasteiger charge is -2.25. The number of ether oxygens (including phenoxy) is 1. The number of hydrogen-bond donors (Lipinski definition) is 0. The second-order valence-electron chi connectivity index (χ2n) is 9.36. The third-order valence-electron chi connectivity index (χ3n) is 6.63. The van der Waals surface area contributed by atoms with E-state index < -0.39 is 6.04 Å². The number of amides is 1. The van der Waals surface area contributed by atoms with Crippen molar-refractivity contribution in [3.63, 3.8) is 0 Å². The minimum atomic E-state index is -0.449. The molecule has 3 aromatic rings. The summed E-state index contributed by atoms with van der Waals surface area (Å²) in [6, 6.07) is 11.2. The van der Waals surface area contributed by atoms with Gasteiger partial charge in [0, 0.05) is 6.54 Å². The van der Waals surface area contributed by atoms with Crippen LogP contribution in [0.1, 0.15) is 91.2 Å². The molecule has 0 fully saturated rings. The highest BCUT2D eigenvalue weighted by Gasteiger charge is 2.42. The summed E-state index contributed by atoms with van der Waals surface area (Å²) in [6.07, 6.45) is 6.30. The van der Waals surface area contributed by atoms with Crippen molar-refractivity contribution in [2.24, 2.45) is 0 Å². The summed E-state index contributed by atoms with van der Waals surface area (Å²) in [7, 11) is 0. The Hall–Kier alpha value is -3.08. The normalized spacial score (nSPS) is 15.2. The fraction of sp³-hybridized carbons (Fsp3) is 0.448. The lowest BCUT2D eigenvalue weighted by atomic mass is 9.96. The molecule has 0 spiro atoms. The van der Waals surface area contributed by atoms with Gasteiger partial charge in [-0.05, 0) is 61.6 Å². The average molecular weight is 462 g/mol. The van der Waals surface area contributed by atoms with Gasteiger partial charge in [0.2, 0.25) is 5.76 Å².